The van der Waals surface area contributed by atoms with Crippen molar-refractivity contribution < 1.29 is 19.1 Å². The maximum atomic E-state index is 11.4. The minimum Gasteiger partial charge on any atom is -0.493 e. The summed E-state index contributed by atoms with van der Waals surface area (Å²) in [7, 11) is 0. The number of halogens is 1. The highest BCUT2D eigenvalue weighted by Gasteiger charge is 2.14. The molecule has 114 valence electrons. The van der Waals surface area contributed by atoms with Gasteiger partial charge >= 0.3 is 5.97 Å². The first kappa shape index (κ1) is 17.2. The average molecular weight is 311 g/mol. The first-order chi connectivity index (χ1) is 9.85. The van der Waals surface area contributed by atoms with E-state index in [9.17, 15) is 9.59 Å². The van der Waals surface area contributed by atoms with Crippen LogP contribution < -0.4 is 4.74 Å². The molecule has 0 aliphatic carbocycles. The molecule has 0 saturated heterocycles. The number of carbonyl (C=O) groups excluding carboxylic acids is 2. The molecule has 4 nitrogen and oxygen atoms in total. The van der Waals surface area contributed by atoms with E-state index in [-0.39, 0.29) is 6.10 Å². The van der Waals surface area contributed by atoms with Gasteiger partial charge in [0.15, 0.2) is 0 Å². The Hall–Kier alpha value is -1.81. The van der Waals surface area contributed by atoms with Crippen LogP contribution in [0.5, 0.6) is 5.75 Å². The van der Waals surface area contributed by atoms with Crippen molar-refractivity contribution in [1.82, 2.24) is 0 Å². The lowest BCUT2D eigenvalue weighted by Crippen LogP contribution is -2.17. The summed E-state index contributed by atoms with van der Waals surface area (Å²) in [5.74, 6) is 0.0218. The number of hydrogen-bond acceptors (Lipinski definition) is 4. The van der Waals surface area contributed by atoms with E-state index in [2.05, 4.69) is 6.58 Å². The summed E-state index contributed by atoms with van der Waals surface area (Å²) in [6.45, 7) is 9.19. The molecule has 0 bridgehead atoms. The van der Waals surface area contributed by atoms with Crippen molar-refractivity contribution >= 4 is 22.8 Å². The molecule has 0 spiro atoms. The van der Waals surface area contributed by atoms with Gasteiger partial charge in [-0.1, -0.05) is 12.6 Å². The first-order valence-electron chi connectivity index (χ1n) is 6.67. The zero-order chi connectivity index (χ0) is 16.0. The van der Waals surface area contributed by atoms with E-state index in [0.717, 1.165) is 5.56 Å². The molecule has 0 aliphatic heterocycles. The van der Waals surface area contributed by atoms with Crippen LogP contribution in [0.3, 0.4) is 0 Å². The molecular weight excluding hydrogens is 292 g/mol. The summed E-state index contributed by atoms with van der Waals surface area (Å²) < 4.78 is 10.6. The lowest BCUT2D eigenvalue weighted by molar-refractivity contribution is -0.143. The van der Waals surface area contributed by atoms with E-state index >= 15 is 0 Å². The fourth-order valence-electron chi connectivity index (χ4n) is 1.79. The molecule has 1 aromatic carbocycles. The monoisotopic (exact) mass is 310 g/mol. The van der Waals surface area contributed by atoms with E-state index in [1.807, 2.05) is 6.92 Å². The fourth-order valence-corrected chi connectivity index (χ4v) is 1.94. The molecule has 1 atom stereocenters. The average Bonchev–Trinajstić information content (AvgIpc) is 2.38. The first-order valence-corrected chi connectivity index (χ1v) is 7.05. The Labute approximate surface area is 129 Å². The second kappa shape index (κ2) is 7.84. The summed E-state index contributed by atoms with van der Waals surface area (Å²) in [6.07, 6.45) is 0.205. The van der Waals surface area contributed by atoms with E-state index in [4.69, 9.17) is 21.1 Å². The van der Waals surface area contributed by atoms with E-state index in [1.54, 1.807) is 32.0 Å². The molecule has 0 aliphatic rings. The van der Waals surface area contributed by atoms with Crippen LogP contribution in [0.25, 0.3) is 0 Å². The number of esters is 1. The Morgan fingerprint density at radius 1 is 1.38 bits per heavy atom. The van der Waals surface area contributed by atoms with Gasteiger partial charge in [0.1, 0.15) is 11.9 Å². The number of rotatable bonds is 7. The van der Waals surface area contributed by atoms with Crippen LogP contribution in [0.4, 0.5) is 0 Å². The van der Waals surface area contributed by atoms with Crippen molar-refractivity contribution in [3.63, 3.8) is 0 Å². The Morgan fingerprint density at radius 3 is 2.57 bits per heavy atom. The second-order valence-corrected chi connectivity index (χ2v) is 5.08. The third kappa shape index (κ3) is 5.23. The van der Waals surface area contributed by atoms with Crippen molar-refractivity contribution in [3.05, 3.63) is 41.5 Å². The normalized spacial score (nSPS) is 11.6. The van der Waals surface area contributed by atoms with Gasteiger partial charge in [-0.25, -0.2) is 4.79 Å². The molecule has 0 amide bonds. The molecule has 1 unspecified atom stereocenters. The number of hydrogen-bond donors (Lipinski definition) is 0. The van der Waals surface area contributed by atoms with Crippen molar-refractivity contribution in [2.24, 2.45) is 0 Å². The Balaban J connectivity index is 2.84. The standard InChI is InChI=1S/C16H19ClO4/c1-5-20-14-9-12(6-7-13(14)15(17)18)8-11(4)21-16(19)10(2)3/h6-7,9,11H,2,5,8H2,1,3-4H3. The molecule has 5 heteroatoms. The SMILES string of the molecule is C=C(C)C(=O)OC(C)Cc1ccc(C(=O)Cl)c(OCC)c1. The quantitative estimate of drug-likeness (QED) is 0.439. The highest BCUT2D eigenvalue weighted by molar-refractivity contribution is 6.68. The van der Waals surface area contributed by atoms with Crippen molar-refractivity contribution in [2.45, 2.75) is 33.3 Å². The summed E-state index contributed by atoms with van der Waals surface area (Å²) in [5.41, 5.74) is 1.58. The van der Waals surface area contributed by atoms with Gasteiger partial charge in [-0.3, -0.25) is 4.79 Å². The van der Waals surface area contributed by atoms with Gasteiger partial charge in [-0.2, -0.15) is 0 Å². The Morgan fingerprint density at radius 2 is 2.05 bits per heavy atom. The molecule has 1 rings (SSSR count). The maximum Gasteiger partial charge on any atom is 0.333 e. The van der Waals surface area contributed by atoms with Gasteiger partial charge in [-0.05, 0) is 50.1 Å². The van der Waals surface area contributed by atoms with Crippen LogP contribution in [0, 0.1) is 0 Å². The minimum atomic E-state index is -0.563. The van der Waals surface area contributed by atoms with Crippen molar-refractivity contribution in [3.8, 4) is 5.75 Å². The van der Waals surface area contributed by atoms with Crippen LogP contribution in [-0.4, -0.2) is 23.9 Å². The van der Waals surface area contributed by atoms with Gasteiger partial charge in [0, 0.05) is 12.0 Å². The Bertz CT molecular complexity index is 551. The van der Waals surface area contributed by atoms with Crippen LogP contribution in [-0.2, 0) is 16.0 Å². The third-order valence-electron chi connectivity index (χ3n) is 2.74. The smallest absolute Gasteiger partial charge is 0.333 e. The number of benzene rings is 1. The zero-order valence-electron chi connectivity index (χ0n) is 12.4. The summed E-state index contributed by atoms with van der Waals surface area (Å²) in [6, 6.07) is 5.12. The Kier molecular flexibility index (Phi) is 6.43. The van der Waals surface area contributed by atoms with Gasteiger partial charge in [0.05, 0.1) is 12.2 Å². The van der Waals surface area contributed by atoms with Gasteiger partial charge in [0.2, 0.25) is 0 Å². The predicted molar refractivity (Wildman–Crippen MR) is 81.9 cm³/mol. The van der Waals surface area contributed by atoms with Crippen LogP contribution in [0.1, 0.15) is 36.7 Å². The largest absolute Gasteiger partial charge is 0.493 e. The number of ether oxygens (including phenoxy) is 2. The lowest BCUT2D eigenvalue weighted by Gasteiger charge is -2.15. The van der Waals surface area contributed by atoms with Crippen molar-refractivity contribution in [2.75, 3.05) is 6.61 Å². The van der Waals surface area contributed by atoms with Crippen LogP contribution >= 0.6 is 11.6 Å². The van der Waals surface area contributed by atoms with Gasteiger partial charge in [-0.15, -0.1) is 0 Å². The third-order valence-corrected chi connectivity index (χ3v) is 2.94. The van der Waals surface area contributed by atoms with Crippen LogP contribution in [0.2, 0.25) is 0 Å². The van der Waals surface area contributed by atoms with Gasteiger partial charge in [0.25, 0.3) is 5.24 Å². The predicted octanol–water partition coefficient (Wildman–Crippen LogP) is 3.51. The zero-order valence-corrected chi connectivity index (χ0v) is 13.2. The highest BCUT2D eigenvalue weighted by Crippen LogP contribution is 2.23. The highest BCUT2D eigenvalue weighted by atomic mass is 35.5. The molecule has 21 heavy (non-hydrogen) atoms. The van der Waals surface area contributed by atoms with E-state index in [1.165, 1.54) is 0 Å². The summed E-state index contributed by atoms with van der Waals surface area (Å²) in [5, 5.41) is -0.563. The van der Waals surface area contributed by atoms with Crippen molar-refractivity contribution in [1.29, 1.82) is 0 Å². The summed E-state index contributed by atoms with van der Waals surface area (Å²) in [4.78, 5) is 22.7. The van der Waals surface area contributed by atoms with E-state index in [0.29, 0.717) is 29.9 Å². The molecule has 0 N–H and O–H groups in total. The van der Waals surface area contributed by atoms with Gasteiger partial charge < -0.3 is 9.47 Å². The molecule has 0 fully saturated rings. The minimum absolute atomic E-state index is 0.304. The van der Waals surface area contributed by atoms with Crippen LogP contribution in [0.15, 0.2) is 30.4 Å². The maximum absolute atomic E-state index is 11.4. The lowest BCUT2D eigenvalue weighted by atomic mass is 10.1. The molecule has 0 aromatic heterocycles. The topological polar surface area (TPSA) is 52.6 Å². The molecule has 0 radical (unpaired) electrons. The summed E-state index contributed by atoms with van der Waals surface area (Å²) >= 11 is 5.51. The second-order valence-electron chi connectivity index (χ2n) is 4.74. The number of carbonyl (C=O) groups is 2. The van der Waals surface area contributed by atoms with E-state index < -0.39 is 11.2 Å². The fraction of sp³-hybridized carbons (Fsp3) is 0.375. The molecular formula is C16H19ClO4. The molecule has 1 aromatic rings. The molecule has 0 heterocycles. The molecule has 0 saturated carbocycles.